The fraction of sp³-hybridized carbons (Fsp3) is 0.588. The number of benzene rings is 1. The lowest BCUT2D eigenvalue weighted by molar-refractivity contribution is -0.143. The van der Waals surface area contributed by atoms with Crippen molar-refractivity contribution in [2.24, 2.45) is 10.9 Å². The van der Waals surface area contributed by atoms with Gasteiger partial charge in [0.25, 0.3) is 0 Å². The van der Waals surface area contributed by atoms with E-state index < -0.39 is 24.4 Å². The highest BCUT2D eigenvalue weighted by molar-refractivity contribution is 14.0. The van der Waals surface area contributed by atoms with Gasteiger partial charge in [-0.25, -0.2) is 13.8 Å². The lowest BCUT2D eigenvalue weighted by Crippen LogP contribution is -2.40. The monoisotopic (exact) mass is 506 g/mol. The molecule has 1 heterocycles. The third kappa shape index (κ3) is 8.58. The van der Waals surface area contributed by atoms with Crippen LogP contribution in [0.1, 0.15) is 18.9 Å². The van der Waals surface area contributed by atoms with E-state index in [4.69, 9.17) is 0 Å². The smallest absolute Gasteiger partial charge is 0.357 e. The second-order valence-corrected chi connectivity index (χ2v) is 6.32. The van der Waals surface area contributed by atoms with Gasteiger partial charge in [-0.15, -0.1) is 24.0 Å². The summed E-state index contributed by atoms with van der Waals surface area (Å²) >= 11 is 0. The standard InChI is InChI=1S/C17H23F5N4.HI/c1-2-23-16(25-9-13-7-14(18)3-4-15(13)19)24-8-12-5-6-26(10-12)11-17(20,21)22;/h3-4,7,12H,2,5-6,8-11H2,1H3,(H2,23,24,25);1H. The van der Waals surface area contributed by atoms with Gasteiger partial charge in [-0.1, -0.05) is 0 Å². The van der Waals surface area contributed by atoms with E-state index in [0.29, 0.717) is 38.6 Å². The largest absolute Gasteiger partial charge is 0.401 e. The van der Waals surface area contributed by atoms with Crippen LogP contribution < -0.4 is 10.6 Å². The van der Waals surface area contributed by atoms with Crippen LogP contribution in [0.4, 0.5) is 22.0 Å². The number of hydrogen-bond donors (Lipinski definition) is 2. The van der Waals surface area contributed by atoms with Gasteiger partial charge in [0.1, 0.15) is 11.6 Å². The maximum atomic E-state index is 13.6. The molecule has 0 saturated carbocycles. The molecule has 2 N–H and O–H groups in total. The lowest BCUT2D eigenvalue weighted by atomic mass is 10.1. The van der Waals surface area contributed by atoms with Crippen LogP contribution >= 0.6 is 24.0 Å². The number of halogens is 6. The molecule has 1 atom stereocenters. The van der Waals surface area contributed by atoms with Gasteiger partial charge in [0.05, 0.1) is 13.1 Å². The Morgan fingerprint density at radius 3 is 2.67 bits per heavy atom. The Balaban J connectivity index is 0.00000364. The van der Waals surface area contributed by atoms with Crippen molar-refractivity contribution in [3.63, 3.8) is 0 Å². The van der Waals surface area contributed by atoms with Crippen molar-refractivity contribution >= 4 is 29.9 Å². The van der Waals surface area contributed by atoms with Gasteiger partial charge >= 0.3 is 6.18 Å². The molecular formula is C17H24F5IN4. The molecule has 1 aromatic carbocycles. The minimum Gasteiger partial charge on any atom is -0.357 e. The summed E-state index contributed by atoms with van der Waals surface area (Å²) in [6.45, 7) is 2.74. The van der Waals surface area contributed by atoms with Crippen molar-refractivity contribution in [3.05, 3.63) is 35.4 Å². The van der Waals surface area contributed by atoms with Crippen LogP contribution in [0, 0.1) is 17.6 Å². The van der Waals surface area contributed by atoms with Crippen LogP contribution in [-0.4, -0.2) is 49.8 Å². The van der Waals surface area contributed by atoms with Crippen LogP contribution in [-0.2, 0) is 6.54 Å². The van der Waals surface area contributed by atoms with Crippen molar-refractivity contribution in [1.29, 1.82) is 0 Å². The summed E-state index contributed by atoms with van der Waals surface area (Å²) in [5, 5.41) is 6.05. The zero-order valence-corrected chi connectivity index (χ0v) is 17.3. The zero-order chi connectivity index (χ0) is 19.2. The van der Waals surface area contributed by atoms with Crippen LogP contribution in [0.15, 0.2) is 23.2 Å². The molecule has 0 radical (unpaired) electrons. The summed E-state index contributed by atoms with van der Waals surface area (Å²) in [4.78, 5) is 5.61. The normalized spacial score (nSPS) is 18.3. The molecule has 1 aliphatic rings. The van der Waals surface area contributed by atoms with Crippen LogP contribution in [0.3, 0.4) is 0 Å². The van der Waals surface area contributed by atoms with Gasteiger partial charge in [0, 0.05) is 25.2 Å². The van der Waals surface area contributed by atoms with Crippen molar-refractivity contribution < 1.29 is 22.0 Å². The van der Waals surface area contributed by atoms with Crippen LogP contribution in [0.5, 0.6) is 0 Å². The van der Waals surface area contributed by atoms with E-state index in [9.17, 15) is 22.0 Å². The van der Waals surface area contributed by atoms with Gasteiger partial charge in [0.2, 0.25) is 0 Å². The average Bonchev–Trinajstić information content (AvgIpc) is 2.98. The van der Waals surface area contributed by atoms with Gasteiger partial charge in [0.15, 0.2) is 5.96 Å². The highest BCUT2D eigenvalue weighted by Crippen LogP contribution is 2.22. The summed E-state index contributed by atoms with van der Waals surface area (Å²) in [7, 11) is 0. The summed E-state index contributed by atoms with van der Waals surface area (Å²) in [5.74, 6) is -0.576. The van der Waals surface area contributed by atoms with Gasteiger partial charge in [-0.05, 0) is 44.0 Å². The SMILES string of the molecule is CCNC(=NCc1cc(F)ccc1F)NCC1CCN(CC(F)(F)F)C1.I. The third-order valence-electron chi connectivity index (χ3n) is 4.09. The molecule has 27 heavy (non-hydrogen) atoms. The average molecular weight is 506 g/mol. The maximum Gasteiger partial charge on any atom is 0.401 e. The third-order valence-corrected chi connectivity index (χ3v) is 4.09. The maximum absolute atomic E-state index is 13.6. The lowest BCUT2D eigenvalue weighted by Gasteiger charge is -2.18. The zero-order valence-electron chi connectivity index (χ0n) is 15.0. The molecule has 1 aliphatic heterocycles. The molecule has 0 spiro atoms. The molecule has 1 fully saturated rings. The number of hydrogen-bond acceptors (Lipinski definition) is 2. The number of alkyl halides is 3. The molecule has 0 bridgehead atoms. The summed E-state index contributed by atoms with van der Waals surface area (Å²) in [6.07, 6.45) is -3.52. The number of guanidine groups is 1. The van der Waals surface area contributed by atoms with E-state index >= 15 is 0 Å². The fourth-order valence-corrected chi connectivity index (χ4v) is 2.89. The van der Waals surface area contributed by atoms with E-state index in [1.54, 1.807) is 0 Å². The Morgan fingerprint density at radius 1 is 1.26 bits per heavy atom. The first-order valence-corrected chi connectivity index (χ1v) is 8.52. The Bertz CT molecular complexity index is 624. The molecule has 0 aromatic heterocycles. The summed E-state index contributed by atoms with van der Waals surface area (Å²) < 4.78 is 64.1. The Labute approximate surface area is 172 Å². The Hall–Kier alpha value is -1.17. The second kappa shape index (κ2) is 11.0. The predicted octanol–water partition coefficient (Wildman–Crippen LogP) is 3.52. The van der Waals surface area contributed by atoms with E-state index in [1.807, 2.05) is 6.92 Å². The molecule has 2 rings (SSSR count). The first-order chi connectivity index (χ1) is 12.3. The highest BCUT2D eigenvalue weighted by atomic mass is 127. The van der Waals surface area contributed by atoms with E-state index in [1.165, 1.54) is 4.90 Å². The first kappa shape index (κ1) is 23.9. The Kier molecular flexibility index (Phi) is 9.71. The van der Waals surface area contributed by atoms with Crippen molar-refractivity contribution in [1.82, 2.24) is 15.5 Å². The molecule has 1 unspecified atom stereocenters. The number of rotatable bonds is 6. The minimum absolute atomic E-state index is 0. The molecule has 1 aromatic rings. The predicted molar refractivity (Wildman–Crippen MR) is 105 cm³/mol. The van der Waals surface area contributed by atoms with E-state index in [-0.39, 0.29) is 42.0 Å². The Morgan fingerprint density at radius 2 is 2.00 bits per heavy atom. The van der Waals surface area contributed by atoms with Gasteiger partial charge in [-0.3, -0.25) is 4.90 Å². The summed E-state index contributed by atoms with van der Waals surface area (Å²) in [5.41, 5.74) is 0.138. The fourth-order valence-electron chi connectivity index (χ4n) is 2.89. The number of aliphatic imine (C=N–C) groups is 1. The number of nitrogens with zero attached hydrogens (tertiary/aromatic N) is 2. The topological polar surface area (TPSA) is 39.7 Å². The molecule has 1 saturated heterocycles. The molecule has 10 heteroatoms. The van der Waals surface area contributed by atoms with Crippen molar-refractivity contribution in [2.75, 3.05) is 32.7 Å². The minimum atomic E-state index is -4.19. The van der Waals surface area contributed by atoms with Crippen LogP contribution in [0.2, 0.25) is 0 Å². The van der Waals surface area contributed by atoms with Crippen molar-refractivity contribution in [3.8, 4) is 0 Å². The molecule has 154 valence electrons. The number of nitrogens with one attached hydrogen (secondary N) is 2. The summed E-state index contributed by atoms with van der Waals surface area (Å²) in [6, 6.07) is 3.18. The number of likely N-dealkylation sites (tertiary alicyclic amines) is 1. The second-order valence-electron chi connectivity index (χ2n) is 6.32. The molecule has 0 amide bonds. The van der Waals surface area contributed by atoms with Crippen LogP contribution in [0.25, 0.3) is 0 Å². The highest BCUT2D eigenvalue weighted by Gasteiger charge is 2.34. The molecule has 4 nitrogen and oxygen atoms in total. The molecule has 0 aliphatic carbocycles. The van der Waals surface area contributed by atoms with E-state index in [2.05, 4.69) is 15.6 Å². The molecular weight excluding hydrogens is 482 g/mol. The van der Waals surface area contributed by atoms with Crippen molar-refractivity contribution in [2.45, 2.75) is 26.1 Å². The quantitative estimate of drug-likeness (QED) is 0.269. The first-order valence-electron chi connectivity index (χ1n) is 8.52. The van der Waals surface area contributed by atoms with Gasteiger partial charge in [-0.2, -0.15) is 13.2 Å². The van der Waals surface area contributed by atoms with Gasteiger partial charge < -0.3 is 10.6 Å². The van der Waals surface area contributed by atoms with E-state index in [0.717, 1.165) is 18.2 Å².